The number of rotatable bonds is 4. The molecule has 0 radical (unpaired) electrons. The number of aromatic carboxylic acids is 1. The minimum Gasteiger partial charge on any atom is -0.478 e. The Balaban J connectivity index is 1.87. The second-order valence-electron chi connectivity index (χ2n) is 5.37. The molecule has 1 aliphatic carbocycles. The van der Waals surface area contributed by atoms with Gasteiger partial charge in [0.05, 0.1) is 6.54 Å². The number of carboxylic acids is 1. The third-order valence-electron chi connectivity index (χ3n) is 3.76. The van der Waals surface area contributed by atoms with Gasteiger partial charge in [-0.15, -0.1) is 11.3 Å². The zero-order valence-corrected chi connectivity index (χ0v) is 12.8. The number of hydrogen-bond donors (Lipinski definition) is 2. The predicted molar refractivity (Wildman–Crippen MR) is 84.2 cm³/mol. The van der Waals surface area contributed by atoms with Gasteiger partial charge < -0.3 is 10.4 Å². The largest absolute Gasteiger partial charge is 0.478 e. The van der Waals surface area contributed by atoms with E-state index in [1.54, 1.807) is 17.4 Å². The monoisotopic (exact) mass is 302 g/mol. The molecule has 0 fully saturated rings. The predicted octanol–water partition coefficient (Wildman–Crippen LogP) is 3.64. The van der Waals surface area contributed by atoms with Crippen LogP contribution in [-0.2, 0) is 19.4 Å². The summed E-state index contributed by atoms with van der Waals surface area (Å²) < 4.78 is 0. The summed E-state index contributed by atoms with van der Waals surface area (Å²) >= 11 is 1.71. The number of fused-ring (bicyclic) bond motifs is 1. The van der Waals surface area contributed by atoms with Crippen molar-refractivity contribution < 1.29 is 9.90 Å². The van der Waals surface area contributed by atoms with Gasteiger partial charge in [0.25, 0.3) is 0 Å². The van der Waals surface area contributed by atoms with Crippen LogP contribution in [-0.4, -0.2) is 16.1 Å². The first-order valence-electron chi connectivity index (χ1n) is 7.19. The van der Waals surface area contributed by atoms with Crippen molar-refractivity contribution in [1.29, 1.82) is 0 Å². The van der Waals surface area contributed by atoms with Crippen LogP contribution in [0.4, 0.5) is 5.82 Å². The molecule has 0 bridgehead atoms. The number of carboxylic acid groups (broad SMARTS) is 1. The summed E-state index contributed by atoms with van der Waals surface area (Å²) in [5.74, 6) is -0.421. The van der Waals surface area contributed by atoms with E-state index < -0.39 is 5.97 Å². The third kappa shape index (κ3) is 3.08. The van der Waals surface area contributed by atoms with Crippen LogP contribution in [0.2, 0.25) is 0 Å². The van der Waals surface area contributed by atoms with Gasteiger partial charge in [-0.2, -0.15) is 0 Å². The van der Waals surface area contributed by atoms with E-state index in [-0.39, 0.29) is 5.56 Å². The van der Waals surface area contributed by atoms with Gasteiger partial charge in [0, 0.05) is 15.4 Å². The van der Waals surface area contributed by atoms with Gasteiger partial charge in [-0.3, -0.25) is 0 Å². The minimum atomic E-state index is -0.916. The van der Waals surface area contributed by atoms with E-state index in [2.05, 4.69) is 29.4 Å². The number of hydrogen-bond acceptors (Lipinski definition) is 4. The average molecular weight is 302 g/mol. The molecule has 0 aliphatic heterocycles. The van der Waals surface area contributed by atoms with Gasteiger partial charge in [-0.05, 0) is 56.4 Å². The van der Waals surface area contributed by atoms with Crippen molar-refractivity contribution in [3.63, 3.8) is 0 Å². The Labute approximate surface area is 127 Å². The fraction of sp³-hybridized carbons (Fsp3) is 0.375. The highest BCUT2D eigenvalue weighted by atomic mass is 32.1. The quantitative estimate of drug-likeness (QED) is 0.905. The lowest BCUT2D eigenvalue weighted by Crippen LogP contribution is -2.13. The smallest absolute Gasteiger partial charge is 0.339 e. The molecule has 0 saturated heterocycles. The Bertz CT molecular complexity index is 679. The van der Waals surface area contributed by atoms with Crippen molar-refractivity contribution in [2.75, 3.05) is 5.32 Å². The average Bonchev–Trinajstić information content (AvgIpc) is 2.89. The Hall–Kier alpha value is -1.88. The highest BCUT2D eigenvalue weighted by Gasteiger charge is 2.18. The summed E-state index contributed by atoms with van der Waals surface area (Å²) in [5.41, 5.74) is 2.43. The summed E-state index contributed by atoms with van der Waals surface area (Å²) in [6.45, 7) is 2.68. The van der Waals surface area contributed by atoms with Crippen LogP contribution in [0.5, 0.6) is 0 Å². The van der Waals surface area contributed by atoms with E-state index in [4.69, 9.17) is 0 Å². The number of aryl methyl sites for hydroxylation is 3. The van der Waals surface area contributed by atoms with Gasteiger partial charge in [-0.25, -0.2) is 9.78 Å². The second kappa shape index (κ2) is 5.85. The molecule has 5 heteroatoms. The lowest BCUT2D eigenvalue weighted by molar-refractivity contribution is 0.0697. The number of thiophene rings is 1. The van der Waals surface area contributed by atoms with Crippen molar-refractivity contribution in [3.05, 3.63) is 44.8 Å². The van der Waals surface area contributed by atoms with Crippen molar-refractivity contribution in [2.24, 2.45) is 0 Å². The molecule has 0 amide bonds. The SMILES string of the molecule is Cc1ccc(CNc2nc3c(cc2C(=O)O)CCCC3)s1. The molecule has 2 aromatic rings. The summed E-state index contributed by atoms with van der Waals surface area (Å²) in [5, 5.41) is 12.6. The molecule has 3 rings (SSSR count). The van der Waals surface area contributed by atoms with E-state index in [1.165, 1.54) is 9.75 Å². The zero-order chi connectivity index (χ0) is 14.8. The van der Waals surface area contributed by atoms with Crippen LogP contribution >= 0.6 is 11.3 Å². The van der Waals surface area contributed by atoms with Crippen LogP contribution in [0.3, 0.4) is 0 Å². The summed E-state index contributed by atoms with van der Waals surface area (Å²) in [6.07, 6.45) is 4.14. The third-order valence-corrected chi connectivity index (χ3v) is 4.76. The first-order valence-corrected chi connectivity index (χ1v) is 8.00. The Morgan fingerprint density at radius 2 is 2.19 bits per heavy atom. The Kier molecular flexibility index (Phi) is 3.92. The van der Waals surface area contributed by atoms with Gasteiger partial charge >= 0.3 is 5.97 Å². The van der Waals surface area contributed by atoms with Gasteiger partial charge in [0.2, 0.25) is 0 Å². The molecular weight excluding hydrogens is 284 g/mol. The highest BCUT2D eigenvalue weighted by Crippen LogP contribution is 2.25. The standard InChI is InChI=1S/C16H18N2O2S/c1-10-6-7-12(21-10)9-17-15-13(16(19)20)8-11-4-2-3-5-14(11)18-15/h6-8H,2-5,9H2,1H3,(H,17,18)(H,19,20). The van der Waals surface area contributed by atoms with Crippen LogP contribution in [0.25, 0.3) is 0 Å². The number of carbonyl (C=O) groups is 1. The molecule has 0 atom stereocenters. The molecule has 2 aromatic heterocycles. The Morgan fingerprint density at radius 1 is 1.38 bits per heavy atom. The molecule has 110 valence electrons. The molecule has 2 N–H and O–H groups in total. The van der Waals surface area contributed by atoms with Crippen LogP contribution < -0.4 is 5.32 Å². The molecule has 1 aliphatic rings. The normalized spacial score (nSPS) is 13.8. The van der Waals surface area contributed by atoms with E-state index in [0.29, 0.717) is 12.4 Å². The summed E-state index contributed by atoms with van der Waals surface area (Å²) in [7, 11) is 0. The first kappa shape index (κ1) is 14.1. The van der Waals surface area contributed by atoms with Gasteiger partial charge in [0.15, 0.2) is 0 Å². The second-order valence-corrected chi connectivity index (χ2v) is 6.74. The van der Waals surface area contributed by atoms with Crippen LogP contribution in [0.1, 0.15) is 44.2 Å². The molecule has 0 saturated carbocycles. The first-order chi connectivity index (χ1) is 10.1. The van der Waals surface area contributed by atoms with Crippen molar-refractivity contribution >= 4 is 23.1 Å². The molecule has 4 nitrogen and oxygen atoms in total. The molecule has 0 unspecified atom stereocenters. The number of aromatic nitrogens is 1. The lowest BCUT2D eigenvalue weighted by Gasteiger charge is -2.18. The molecule has 2 heterocycles. The maximum atomic E-state index is 11.4. The lowest BCUT2D eigenvalue weighted by atomic mass is 9.95. The molecule has 21 heavy (non-hydrogen) atoms. The highest BCUT2D eigenvalue weighted by molar-refractivity contribution is 7.11. The molecule has 0 spiro atoms. The molecule has 0 aromatic carbocycles. The minimum absolute atomic E-state index is 0.281. The maximum Gasteiger partial charge on any atom is 0.339 e. The van der Waals surface area contributed by atoms with E-state index in [9.17, 15) is 9.90 Å². The van der Waals surface area contributed by atoms with Crippen LogP contribution in [0.15, 0.2) is 18.2 Å². The van der Waals surface area contributed by atoms with Gasteiger partial charge in [-0.1, -0.05) is 0 Å². The van der Waals surface area contributed by atoms with E-state index in [1.807, 2.05) is 0 Å². The Morgan fingerprint density at radius 3 is 2.90 bits per heavy atom. The maximum absolute atomic E-state index is 11.4. The number of pyridine rings is 1. The number of nitrogens with zero attached hydrogens (tertiary/aromatic N) is 1. The zero-order valence-electron chi connectivity index (χ0n) is 12.0. The van der Waals surface area contributed by atoms with Crippen molar-refractivity contribution in [2.45, 2.75) is 39.2 Å². The fourth-order valence-electron chi connectivity index (χ4n) is 2.68. The van der Waals surface area contributed by atoms with E-state index in [0.717, 1.165) is 36.9 Å². The van der Waals surface area contributed by atoms with Crippen LogP contribution in [0, 0.1) is 6.92 Å². The number of anilines is 1. The van der Waals surface area contributed by atoms with Crippen molar-refractivity contribution in [3.8, 4) is 0 Å². The summed E-state index contributed by atoms with van der Waals surface area (Å²) in [4.78, 5) is 18.5. The molecular formula is C16H18N2O2S. The number of nitrogens with one attached hydrogen (secondary N) is 1. The summed E-state index contributed by atoms with van der Waals surface area (Å²) in [6, 6.07) is 5.93. The van der Waals surface area contributed by atoms with E-state index >= 15 is 0 Å². The fourth-order valence-corrected chi connectivity index (χ4v) is 3.51. The van der Waals surface area contributed by atoms with Gasteiger partial charge in [0.1, 0.15) is 11.4 Å². The van der Waals surface area contributed by atoms with Crippen molar-refractivity contribution in [1.82, 2.24) is 4.98 Å². The topological polar surface area (TPSA) is 62.2 Å².